The lowest BCUT2D eigenvalue weighted by atomic mass is 10.2. The lowest BCUT2D eigenvalue weighted by Gasteiger charge is -2.06. The van der Waals surface area contributed by atoms with Crippen molar-refractivity contribution in [1.82, 2.24) is 5.32 Å². The smallest absolute Gasteiger partial charge is 0.256 e. The molecule has 1 aromatic heterocycles. The first-order valence-corrected chi connectivity index (χ1v) is 7.82. The van der Waals surface area contributed by atoms with E-state index < -0.39 is 0 Å². The fourth-order valence-corrected chi connectivity index (χ4v) is 2.74. The third-order valence-corrected chi connectivity index (χ3v) is 4.15. The third-order valence-electron chi connectivity index (χ3n) is 2.64. The molecular weight excluding hydrogens is 352 g/mol. The molecule has 2 amide bonds. The molecule has 21 heavy (non-hydrogen) atoms. The predicted octanol–water partition coefficient (Wildman–Crippen LogP) is 3.68. The number of thiophene rings is 1. The van der Waals surface area contributed by atoms with Gasteiger partial charge in [0.2, 0.25) is 0 Å². The number of nitrogens with one attached hydrogen (secondary N) is 2. The summed E-state index contributed by atoms with van der Waals surface area (Å²) in [7, 11) is 0. The van der Waals surface area contributed by atoms with Gasteiger partial charge in [0.15, 0.2) is 0 Å². The summed E-state index contributed by atoms with van der Waals surface area (Å²) in [6, 6.07) is 8.48. The number of rotatable bonds is 5. The van der Waals surface area contributed by atoms with Crippen LogP contribution >= 0.6 is 27.3 Å². The third kappa shape index (κ3) is 4.27. The van der Waals surface area contributed by atoms with E-state index in [-0.39, 0.29) is 11.8 Å². The van der Waals surface area contributed by atoms with Crippen molar-refractivity contribution >= 4 is 44.8 Å². The first-order valence-electron chi connectivity index (χ1n) is 6.14. The van der Waals surface area contributed by atoms with Crippen LogP contribution in [0.25, 0.3) is 0 Å². The molecule has 0 atom stereocenters. The number of hydrogen-bond donors (Lipinski definition) is 2. The van der Waals surface area contributed by atoms with Crippen LogP contribution in [-0.4, -0.2) is 18.4 Å². The fourth-order valence-electron chi connectivity index (χ4n) is 1.60. The van der Waals surface area contributed by atoms with Crippen molar-refractivity contribution in [2.45, 2.75) is 0 Å². The largest absolute Gasteiger partial charge is 0.349 e. The summed E-state index contributed by atoms with van der Waals surface area (Å²) in [4.78, 5) is 23.7. The molecule has 6 heteroatoms. The van der Waals surface area contributed by atoms with Gasteiger partial charge in [-0.1, -0.05) is 6.08 Å². The Morgan fingerprint density at radius 2 is 1.90 bits per heavy atom. The first-order chi connectivity index (χ1) is 10.1. The standard InChI is InChI=1S/C15H13BrN2O2S/c1-2-7-17-14(19)10-3-5-12(6-4-10)18-15(20)11-8-13(16)21-9-11/h2-6,8-9H,1,7H2,(H,17,19)(H,18,20). The summed E-state index contributed by atoms with van der Waals surface area (Å²) >= 11 is 4.77. The van der Waals surface area contributed by atoms with Gasteiger partial charge < -0.3 is 10.6 Å². The van der Waals surface area contributed by atoms with Crippen LogP contribution in [0.4, 0.5) is 5.69 Å². The molecule has 0 unspecified atom stereocenters. The zero-order valence-electron chi connectivity index (χ0n) is 11.1. The zero-order chi connectivity index (χ0) is 15.2. The van der Waals surface area contributed by atoms with Crippen LogP contribution in [0.5, 0.6) is 0 Å². The molecule has 0 aliphatic heterocycles. The zero-order valence-corrected chi connectivity index (χ0v) is 13.5. The van der Waals surface area contributed by atoms with Crippen molar-refractivity contribution < 1.29 is 9.59 Å². The maximum Gasteiger partial charge on any atom is 0.256 e. The van der Waals surface area contributed by atoms with Crippen LogP contribution in [0.1, 0.15) is 20.7 Å². The summed E-state index contributed by atoms with van der Waals surface area (Å²) in [6.45, 7) is 3.96. The molecule has 0 aliphatic carbocycles. The second-order valence-corrected chi connectivity index (χ2v) is 6.46. The summed E-state index contributed by atoms with van der Waals surface area (Å²) < 4.78 is 0.905. The van der Waals surface area contributed by atoms with Gasteiger partial charge in [0.05, 0.1) is 9.35 Å². The van der Waals surface area contributed by atoms with Gasteiger partial charge in [-0.15, -0.1) is 17.9 Å². The Bertz CT molecular complexity index is 665. The maximum atomic E-state index is 12.0. The summed E-state index contributed by atoms with van der Waals surface area (Å²) in [5, 5.41) is 7.24. The molecule has 4 nitrogen and oxygen atoms in total. The molecule has 2 aromatic rings. The van der Waals surface area contributed by atoms with E-state index >= 15 is 0 Å². The monoisotopic (exact) mass is 364 g/mol. The Hall–Kier alpha value is -1.92. The number of hydrogen-bond acceptors (Lipinski definition) is 3. The second kappa shape index (κ2) is 7.19. The number of anilines is 1. The van der Waals surface area contributed by atoms with Crippen LogP contribution in [0.3, 0.4) is 0 Å². The Morgan fingerprint density at radius 1 is 1.19 bits per heavy atom. The van der Waals surface area contributed by atoms with Gasteiger partial charge in [0.1, 0.15) is 0 Å². The first kappa shape index (κ1) is 15.5. The minimum Gasteiger partial charge on any atom is -0.349 e. The van der Waals surface area contributed by atoms with E-state index in [0.717, 1.165) is 3.79 Å². The minimum absolute atomic E-state index is 0.172. The van der Waals surface area contributed by atoms with Gasteiger partial charge in [-0.2, -0.15) is 0 Å². The molecule has 1 aromatic carbocycles. The molecule has 0 radical (unpaired) electrons. The average molecular weight is 365 g/mol. The van der Waals surface area contributed by atoms with Crippen molar-refractivity contribution in [3.63, 3.8) is 0 Å². The molecular formula is C15H13BrN2O2S. The Kier molecular flexibility index (Phi) is 5.30. The van der Waals surface area contributed by atoms with E-state index in [1.807, 2.05) is 0 Å². The second-order valence-electron chi connectivity index (χ2n) is 4.17. The number of carbonyl (C=O) groups is 2. The highest BCUT2D eigenvalue weighted by Crippen LogP contribution is 2.21. The highest BCUT2D eigenvalue weighted by atomic mass is 79.9. The molecule has 2 rings (SSSR count). The highest BCUT2D eigenvalue weighted by Gasteiger charge is 2.09. The fraction of sp³-hybridized carbons (Fsp3) is 0.0667. The molecule has 0 saturated carbocycles. The molecule has 2 N–H and O–H groups in total. The van der Waals surface area contributed by atoms with E-state index in [2.05, 4.69) is 33.1 Å². The Labute approximate surface area is 135 Å². The quantitative estimate of drug-likeness (QED) is 0.795. The SMILES string of the molecule is C=CCNC(=O)c1ccc(NC(=O)c2csc(Br)c2)cc1. The van der Waals surface area contributed by atoms with Gasteiger partial charge in [-0.3, -0.25) is 9.59 Å². The van der Waals surface area contributed by atoms with E-state index in [1.165, 1.54) is 11.3 Å². The van der Waals surface area contributed by atoms with Crippen molar-refractivity contribution in [3.8, 4) is 0 Å². The molecule has 0 spiro atoms. The number of halogens is 1. The lowest BCUT2D eigenvalue weighted by Crippen LogP contribution is -2.23. The molecule has 1 heterocycles. The lowest BCUT2D eigenvalue weighted by molar-refractivity contribution is 0.0957. The van der Waals surface area contributed by atoms with Gasteiger partial charge in [-0.05, 0) is 46.3 Å². The molecule has 0 bridgehead atoms. The summed E-state index contributed by atoms with van der Waals surface area (Å²) in [5.74, 6) is -0.352. The van der Waals surface area contributed by atoms with Gasteiger partial charge in [0.25, 0.3) is 11.8 Å². The highest BCUT2D eigenvalue weighted by molar-refractivity contribution is 9.11. The van der Waals surface area contributed by atoms with Gasteiger partial charge >= 0.3 is 0 Å². The molecule has 108 valence electrons. The van der Waals surface area contributed by atoms with Crippen molar-refractivity contribution in [3.05, 3.63) is 63.3 Å². The van der Waals surface area contributed by atoms with Crippen LogP contribution in [0.2, 0.25) is 0 Å². The van der Waals surface area contributed by atoms with E-state index in [0.29, 0.717) is 23.4 Å². The van der Waals surface area contributed by atoms with E-state index in [1.54, 1.807) is 41.8 Å². The van der Waals surface area contributed by atoms with Crippen LogP contribution in [-0.2, 0) is 0 Å². The summed E-state index contributed by atoms with van der Waals surface area (Å²) in [5.41, 5.74) is 1.77. The molecule has 0 saturated heterocycles. The normalized spacial score (nSPS) is 9.95. The van der Waals surface area contributed by atoms with Gasteiger partial charge in [-0.25, -0.2) is 0 Å². The van der Waals surface area contributed by atoms with Crippen molar-refractivity contribution in [2.24, 2.45) is 0 Å². The van der Waals surface area contributed by atoms with Crippen LogP contribution in [0, 0.1) is 0 Å². The predicted molar refractivity (Wildman–Crippen MR) is 88.9 cm³/mol. The Balaban J connectivity index is 2.00. The maximum absolute atomic E-state index is 12.0. The van der Waals surface area contributed by atoms with Gasteiger partial charge in [0, 0.05) is 23.2 Å². The van der Waals surface area contributed by atoms with E-state index in [4.69, 9.17) is 0 Å². The van der Waals surface area contributed by atoms with E-state index in [9.17, 15) is 9.59 Å². The number of carbonyl (C=O) groups excluding carboxylic acids is 2. The topological polar surface area (TPSA) is 58.2 Å². The molecule has 0 aliphatic rings. The number of amides is 2. The van der Waals surface area contributed by atoms with Crippen LogP contribution < -0.4 is 10.6 Å². The molecule has 0 fully saturated rings. The minimum atomic E-state index is -0.180. The van der Waals surface area contributed by atoms with Crippen molar-refractivity contribution in [2.75, 3.05) is 11.9 Å². The summed E-state index contributed by atoms with van der Waals surface area (Å²) in [6.07, 6.45) is 1.62. The van der Waals surface area contributed by atoms with Crippen LogP contribution in [0.15, 0.2) is 52.2 Å². The van der Waals surface area contributed by atoms with Crippen molar-refractivity contribution in [1.29, 1.82) is 0 Å². The average Bonchev–Trinajstić information content (AvgIpc) is 2.92. The number of benzene rings is 1. The Morgan fingerprint density at radius 3 is 2.48 bits per heavy atom.